The number of carbonyl (C=O) groups excluding carboxylic acids is 1. The van der Waals surface area contributed by atoms with Gasteiger partial charge in [0.2, 0.25) is 0 Å². The summed E-state index contributed by atoms with van der Waals surface area (Å²) >= 11 is 0. The van der Waals surface area contributed by atoms with Gasteiger partial charge in [0.15, 0.2) is 0 Å². The number of amides is 1. The summed E-state index contributed by atoms with van der Waals surface area (Å²) in [5.41, 5.74) is -8.25. The van der Waals surface area contributed by atoms with Gasteiger partial charge in [0.1, 0.15) is 0 Å². The predicted octanol–water partition coefficient (Wildman–Crippen LogP) is 8.76. The molecule has 0 aromatic heterocycles. The average Bonchev–Trinajstić information content (AvgIpc) is 2.80. The molecular formula is C24H20F11NO2. The topological polar surface area (TPSA) is 29.5 Å². The fourth-order valence-electron chi connectivity index (χ4n) is 4.41. The van der Waals surface area contributed by atoms with Gasteiger partial charge in [0, 0.05) is 11.6 Å². The lowest BCUT2D eigenvalue weighted by Crippen LogP contribution is -2.47. The molecule has 2 aromatic rings. The molecule has 2 atom stereocenters. The number of carbonyl (C=O) groups is 1. The highest BCUT2D eigenvalue weighted by Crippen LogP contribution is 2.53. The van der Waals surface area contributed by atoms with Crippen molar-refractivity contribution in [3.8, 4) is 0 Å². The summed E-state index contributed by atoms with van der Waals surface area (Å²) in [5, 5.41) is 0. The Hall–Kier alpha value is -3.06. The third-order valence-corrected chi connectivity index (χ3v) is 6.21. The van der Waals surface area contributed by atoms with Crippen LogP contribution in [0.4, 0.5) is 58.8 Å². The van der Waals surface area contributed by atoms with Gasteiger partial charge < -0.3 is 4.74 Å². The zero-order valence-electron chi connectivity index (χ0n) is 19.7. The predicted molar refractivity (Wildman–Crippen MR) is 113 cm³/mol. The Labute approximate surface area is 209 Å². The van der Waals surface area contributed by atoms with Crippen molar-refractivity contribution in [2.24, 2.45) is 0 Å². The van der Waals surface area contributed by atoms with Gasteiger partial charge in [0.25, 0.3) is 5.92 Å². The van der Waals surface area contributed by atoms with E-state index in [2.05, 4.69) is 0 Å². The van der Waals surface area contributed by atoms with E-state index >= 15 is 8.78 Å². The monoisotopic (exact) mass is 563 g/mol. The van der Waals surface area contributed by atoms with Gasteiger partial charge in [-0.3, -0.25) is 4.90 Å². The summed E-state index contributed by atoms with van der Waals surface area (Å²) in [6, 6.07) is -0.125. The number of fused-ring (bicyclic) bond motifs is 1. The van der Waals surface area contributed by atoms with Crippen molar-refractivity contribution in [2.45, 2.75) is 63.1 Å². The molecule has 0 radical (unpaired) electrons. The van der Waals surface area contributed by atoms with E-state index < -0.39 is 82.4 Å². The van der Waals surface area contributed by atoms with Gasteiger partial charge in [0.05, 0.1) is 34.9 Å². The molecule has 0 bridgehead atoms. The lowest BCUT2D eigenvalue weighted by atomic mass is 9.77. The number of anilines is 1. The van der Waals surface area contributed by atoms with Crippen LogP contribution in [0, 0.1) is 0 Å². The fourth-order valence-corrected chi connectivity index (χ4v) is 4.41. The lowest BCUT2D eigenvalue weighted by Gasteiger charge is -2.42. The van der Waals surface area contributed by atoms with Gasteiger partial charge in [-0.2, -0.15) is 39.5 Å². The molecule has 0 saturated carbocycles. The molecule has 1 aliphatic rings. The summed E-state index contributed by atoms with van der Waals surface area (Å²) in [4.78, 5) is 13.5. The molecule has 1 amide bonds. The van der Waals surface area contributed by atoms with E-state index in [1.807, 2.05) is 0 Å². The third kappa shape index (κ3) is 5.68. The minimum absolute atomic E-state index is 0.0255. The van der Waals surface area contributed by atoms with Gasteiger partial charge in [-0.25, -0.2) is 13.6 Å². The highest BCUT2D eigenvalue weighted by atomic mass is 19.4. The SMILES string of the molecule is CCOC(=O)N1c2ccc(C(F)(F)F)cc2[C@H](C(F)(F)c2cc(C(F)(F)F)cc(C(F)(F)F)c2)C[C@H]1CC. The zero-order valence-corrected chi connectivity index (χ0v) is 19.7. The van der Waals surface area contributed by atoms with E-state index in [1.54, 1.807) is 0 Å². The zero-order chi connectivity index (χ0) is 28.8. The Kier molecular flexibility index (Phi) is 7.70. The Bertz CT molecular complexity index is 1150. The van der Waals surface area contributed by atoms with Crippen molar-refractivity contribution in [3.63, 3.8) is 0 Å². The number of benzene rings is 2. The smallest absolute Gasteiger partial charge is 0.416 e. The quantitative estimate of drug-likeness (QED) is 0.348. The molecule has 0 spiro atoms. The molecule has 3 nitrogen and oxygen atoms in total. The molecule has 0 unspecified atom stereocenters. The van der Waals surface area contributed by atoms with Crippen LogP contribution in [-0.2, 0) is 29.2 Å². The van der Waals surface area contributed by atoms with Crippen LogP contribution < -0.4 is 4.90 Å². The first kappa shape index (κ1) is 29.5. The van der Waals surface area contributed by atoms with Crippen LogP contribution in [0.15, 0.2) is 36.4 Å². The van der Waals surface area contributed by atoms with Gasteiger partial charge in [-0.05, 0) is 61.7 Å². The number of ether oxygens (including phenoxy) is 1. The number of hydrogen-bond donors (Lipinski definition) is 0. The maximum absolute atomic E-state index is 15.9. The second-order valence-electron chi connectivity index (χ2n) is 8.61. The summed E-state index contributed by atoms with van der Waals surface area (Å²) < 4.78 is 157. The Balaban J connectivity index is 2.29. The molecule has 3 rings (SSSR count). The summed E-state index contributed by atoms with van der Waals surface area (Å²) in [7, 11) is 0. The highest BCUT2D eigenvalue weighted by molar-refractivity contribution is 5.90. The molecule has 0 saturated heterocycles. The molecule has 14 heteroatoms. The van der Waals surface area contributed by atoms with E-state index in [1.165, 1.54) is 13.8 Å². The van der Waals surface area contributed by atoms with Crippen LogP contribution in [0.3, 0.4) is 0 Å². The van der Waals surface area contributed by atoms with Crippen molar-refractivity contribution in [2.75, 3.05) is 11.5 Å². The Morgan fingerprint density at radius 1 is 0.789 bits per heavy atom. The van der Waals surface area contributed by atoms with Crippen LogP contribution >= 0.6 is 0 Å². The van der Waals surface area contributed by atoms with E-state index in [9.17, 15) is 44.3 Å². The third-order valence-electron chi connectivity index (χ3n) is 6.21. The van der Waals surface area contributed by atoms with Crippen molar-refractivity contribution in [1.29, 1.82) is 0 Å². The molecule has 210 valence electrons. The minimum Gasteiger partial charge on any atom is -0.449 e. The van der Waals surface area contributed by atoms with E-state index in [0.29, 0.717) is 12.1 Å². The highest BCUT2D eigenvalue weighted by Gasteiger charge is 2.51. The first-order chi connectivity index (χ1) is 17.3. The molecule has 2 aromatic carbocycles. The molecular weight excluding hydrogens is 543 g/mol. The Morgan fingerprint density at radius 3 is 1.74 bits per heavy atom. The number of nitrogens with zero attached hydrogens (tertiary/aromatic N) is 1. The van der Waals surface area contributed by atoms with Crippen molar-refractivity contribution in [1.82, 2.24) is 0 Å². The fraction of sp³-hybridized carbons (Fsp3) is 0.458. The standard InChI is InChI=1S/C24H20F11NO2/c1-3-16-11-18(17-10-12(22(27,28)29)5-6-19(17)36(16)20(37)38-4-2)21(25,26)13-7-14(23(30,31)32)9-15(8-13)24(33,34)35/h5-10,16,18H,3-4,11H2,1-2H3/t16-,18-/m1/s1. The van der Waals surface area contributed by atoms with E-state index in [0.717, 1.165) is 11.0 Å². The van der Waals surface area contributed by atoms with Crippen LogP contribution in [0.5, 0.6) is 0 Å². The minimum atomic E-state index is -5.42. The van der Waals surface area contributed by atoms with Crippen molar-refractivity contribution in [3.05, 3.63) is 64.2 Å². The van der Waals surface area contributed by atoms with Crippen LogP contribution in [0.1, 0.15) is 60.4 Å². The largest absolute Gasteiger partial charge is 0.449 e. The molecule has 38 heavy (non-hydrogen) atoms. The lowest BCUT2D eigenvalue weighted by molar-refractivity contribution is -0.144. The second kappa shape index (κ2) is 9.92. The number of hydrogen-bond acceptors (Lipinski definition) is 2. The van der Waals surface area contributed by atoms with Crippen LogP contribution in [0.2, 0.25) is 0 Å². The van der Waals surface area contributed by atoms with E-state index in [4.69, 9.17) is 4.74 Å². The van der Waals surface area contributed by atoms with Crippen LogP contribution in [-0.4, -0.2) is 18.7 Å². The van der Waals surface area contributed by atoms with Gasteiger partial charge >= 0.3 is 24.6 Å². The molecule has 0 aliphatic carbocycles. The molecule has 1 heterocycles. The summed E-state index contributed by atoms with van der Waals surface area (Å²) in [6.45, 7) is 2.73. The number of alkyl halides is 11. The molecule has 0 fully saturated rings. The second-order valence-corrected chi connectivity index (χ2v) is 8.61. The first-order valence-electron chi connectivity index (χ1n) is 11.2. The van der Waals surface area contributed by atoms with E-state index in [-0.39, 0.29) is 31.2 Å². The maximum atomic E-state index is 15.9. The molecule has 1 aliphatic heterocycles. The molecule has 0 N–H and O–H groups in total. The summed E-state index contributed by atoms with van der Waals surface area (Å²) in [6.07, 6.45) is -17.7. The van der Waals surface area contributed by atoms with Gasteiger partial charge in [-0.15, -0.1) is 0 Å². The number of halogens is 11. The summed E-state index contributed by atoms with van der Waals surface area (Å²) in [5.74, 6) is -6.81. The maximum Gasteiger partial charge on any atom is 0.416 e. The number of rotatable bonds is 4. The van der Waals surface area contributed by atoms with Crippen molar-refractivity contribution >= 4 is 11.8 Å². The Morgan fingerprint density at radius 2 is 1.29 bits per heavy atom. The van der Waals surface area contributed by atoms with Gasteiger partial charge in [-0.1, -0.05) is 6.92 Å². The normalized spacial score (nSPS) is 18.8. The first-order valence-corrected chi connectivity index (χ1v) is 11.2. The van der Waals surface area contributed by atoms with Crippen molar-refractivity contribution < 1.29 is 57.8 Å². The van der Waals surface area contributed by atoms with Crippen LogP contribution in [0.25, 0.3) is 0 Å². The average molecular weight is 563 g/mol.